The van der Waals surface area contributed by atoms with Crippen LogP contribution in [0.25, 0.3) is 0 Å². The highest BCUT2D eigenvalue weighted by molar-refractivity contribution is 5.06. The molecule has 1 atom stereocenters. The number of piperazine rings is 1. The summed E-state index contributed by atoms with van der Waals surface area (Å²) in [5.41, 5.74) is -0.00586. The second kappa shape index (κ2) is 6.30. The van der Waals surface area contributed by atoms with Gasteiger partial charge in [0.2, 0.25) is 0 Å². The van der Waals surface area contributed by atoms with Crippen molar-refractivity contribution in [3.05, 3.63) is 0 Å². The largest absolute Gasteiger partial charge is 0.394 e. The van der Waals surface area contributed by atoms with Gasteiger partial charge in [0.25, 0.3) is 0 Å². The molecule has 1 saturated heterocycles. The van der Waals surface area contributed by atoms with E-state index in [0.717, 1.165) is 6.54 Å². The van der Waals surface area contributed by atoms with Crippen molar-refractivity contribution in [2.45, 2.75) is 50.6 Å². The molecule has 0 aromatic heterocycles. The molecule has 4 heteroatoms. The van der Waals surface area contributed by atoms with Gasteiger partial charge in [0.1, 0.15) is 0 Å². The van der Waals surface area contributed by atoms with Crippen molar-refractivity contribution in [1.82, 2.24) is 15.1 Å². The van der Waals surface area contributed by atoms with Crippen LogP contribution in [0.5, 0.6) is 0 Å². The molecule has 0 radical (unpaired) electrons. The van der Waals surface area contributed by atoms with Crippen molar-refractivity contribution in [2.24, 2.45) is 5.92 Å². The number of aliphatic hydroxyl groups excluding tert-OH is 1. The van der Waals surface area contributed by atoms with E-state index in [1.54, 1.807) is 0 Å². The van der Waals surface area contributed by atoms with Gasteiger partial charge in [-0.1, -0.05) is 6.92 Å². The summed E-state index contributed by atoms with van der Waals surface area (Å²) < 4.78 is 0. The van der Waals surface area contributed by atoms with Crippen molar-refractivity contribution in [2.75, 3.05) is 45.9 Å². The fourth-order valence-electron chi connectivity index (χ4n) is 3.67. The molecule has 1 aliphatic heterocycles. The molecule has 2 aliphatic carbocycles. The van der Waals surface area contributed by atoms with E-state index in [1.807, 2.05) is 0 Å². The molecule has 1 heterocycles. The summed E-state index contributed by atoms with van der Waals surface area (Å²) in [4.78, 5) is 5.15. The zero-order valence-electron chi connectivity index (χ0n) is 13.0. The smallest absolute Gasteiger partial charge is 0.0628 e. The first-order chi connectivity index (χ1) is 9.75. The molecule has 1 unspecified atom stereocenters. The molecule has 116 valence electrons. The van der Waals surface area contributed by atoms with Gasteiger partial charge >= 0.3 is 0 Å². The molecule has 4 nitrogen and oxygen atoms in total. The molecule has 3 fully saturated rings. The lowest BCUT2D eigenvalue weighted by Crippen LogP contribution is -2.61. The third-order valence-electron chi connectivity index (χ3n) is 5.22. The first kappa shape index (κ1) is 14.8. The Hall–Kier alpha value is -0.160. The third-order valence-corrected chi connectivity index (χ3v) is 5.22. The average Bonchev–Trinajstić information content (AvgIpc) is 3.33. The predicted molar refractivity (Wildman–Crippen MR) is 81.9 cm³/mol. The molecule has 2 saturated carbocycles. The first-order valence-electron chi connectivity index (χ1n) is 8.59. The second-order valence-electron chi connectivity index (χ2n) is 7.12. The fraction of sp³-hybridized carbons (Fsp3) is 1.00. The Morgan fingerprint density at radius 1 is 1.05 bits per heavy atom. The Balaban J connectivity index is 1.53. The zero-order chi connectivity index (χ0) is 14.0. The minimum atomic E-state index is -0.00586. The van der Waals surface area contributed by atoms with Crippen LogP contribution in [-0.4, -0.2) is 72.4 Å². The van der Waals surface area contributed by atoms with Crippen LogP contribution in [0.2, 0.25) is 0 Å². The van der Waals surface area contributed by atoms with E-state index in [-0.39, 0.29) is 5.54 Å². The Morgan fingerprint density at radius 2 is 1.70 bits per heavy atom. The zero-order valence-corrected chi connectivity index (χ0v) is 13.0. The van der Waals surface area contributed by atoms with Gasteiger partial charge in [-0.25, -0.2) is 0 Å². The van der Waals surface area contributed by atoms with Crippen molar-refractivity contribution < 1.29 is 5.11 Å². The Labute approximate surface area is 123 Å². The van der Waals surface area contributed by atoms with Gasteiger partial charge in [0.15, 0.2) is 0 Å². The highest BCUT2D eigenvalue weighted by Gasteiger charge is 2.48. The lowest BCUT2D eigenvalue weighted by Gasteiger charge is -2.42. The molecular formula is C16H31N3O. The van der Waals surface area contributed by atoms with Crippen LogP contribution in [0, 0.1) is 5.92 Å². The van der Waals surface area contributed by atoms with Crippen molar-refractivity contribution in [1.29, 1.82) is 0 Å². The van der Waals surface area contributed by atoms with Gasteiger partial charge in [-0.3, -0.25) is 4.90 Å². The minimum Gasteiger partial charge on any atom is -0.394 e. The summed E-state index contributed by atoms with van der Waals surface area (Å²) in [6.07, 6.45) is 6.47. The van der Waals surface area contributed by atoms with E-state index in [9.17, 15) is 5.11 Å². The maximum Gasteiger partial charge on any atom is 0.0628 e. The van der Waals surface area contributed by atoms with Crippen LogP contribution in [0.4, 0.5) is 0 Å². The lowest BCUT2D eigenvalue weighted by molar-refractivity contribution is 0.0589. The molecule has 3 aliphatic rings. The van der Waals surface area contributed by atoms with Gasteiger partial charge in [0, 0.05) is 38.8 Å². The van der Waals surface area contributed by atoms with Crippen LogP contribution in [0.3, 0.4) is 0 Å². The van der Waals surface area contributed by atoms with Crippen molar-refractivity contribution >= 4 is 0 Å². The Kier molecular flexibility index (Phi) is 4.65. The fourth-order valence-corrected chi connectivity index (χ4v) is 3.67. The third kappa shape index (κ3) is 3.53. The summed E-state index contributed by atoms with van der Waals surface area (Å²) in [6.45, 7) is 9.58. The predicted octanol–water partition coefficient (Wildman–Crippen LogP) is 0.907. The Morgan fingerprint density at radius 3 is 2.20 bits per heavy atom. The number of nitrogens with one attached hydrogen (secondary N) is 1. The SMILES string of the molecule is CCCN1CCN(CC(CO)(NC2CC2)C2CC2)CC1. The topological polar surface area (TPSA) is 38.7 Å². The van der Waals surface area contributed by atoms with Crippen molar-refractivity contribution in [3.63, 3.8) is 0 Å². The number of hydrogen-bond donors (Lipinski definition) is 2. The van der Waals surface area contributed by atoms with Gasteiger partial charge in [-0.05, 0) is 44.6 Å². The molecule has 0 aromatic carbocycles. The van der Waals surface area contributed by atoms with Gasteiger partial charge in [0.05, 0.1) is 12.1 Å². The number of aliphatic hydroxyl groups is 1. The van der Waals surface area contributed by atoms with Crippen LogP contribution >= 0.6 is 0 Å². The minimum absolute atomic E-state index is 0.00586. The summed E-state index contributed by atoms with van der Waals surface area (Å²) in [6, 6.07) is 0.684. The van der Waals surface area contributed by atoms with Gasteiger partial charge < -0.3 is 15.3 Å². The first-order valence-corrected chi connectivity index (χ1v) is 8.59. The standard InChI is InChI=1S/C16H31N3O/c1-2-7-18-8-10-19(11-9-18)12-16(13-20,14-3-4-14)17-15-5-6-15/h14-15,17,20H,2-13H2,1H3. The van der Waals surface area contributed by atoms with E-state index in [4.69, 9.17) is 0 Å². The number of rotatable bonds is 8. The van der Waals surface area contributed by atoms with E-state index in [0.29, 0.717) is 18.6 Å². The quantitative estimate of drug-likeness (QED) is 0.694. The molecule has 0 bridgehead atoms. The van der Waals surface area contributed by atoms with E-state index in [1.165, 1.54) is 64.8 Å². The maximum atomic E-state index is 10.0. The van der Waals surface area contributed by atoms with Crippen LogP contribution < -0.4 is 5.32 Å². The van der Waals surface area contributed by atoms with Crippen LogP contribution in [0.1, 0.15) is 39.0 Å². The molecule has 0 aromatic rings. The van der Waals surface area contributed by atoms with Crippen molar-refractivity contribution in [3.8, 4) is 0 Å². The molecular weight excluding hydrogens is 250 g/mol. The molecule has 0 amide bonds. The summed E-state index contributed by atoms with van der Waals surface area (Å²) in [5, 5.41) is 13.8. The number of nitrogens with zero attached hydrogens (tertiary/aromatic N) is 2. The van der Waals surface area contributed by atoms with E-state index < -0.39 is 0 Å². The van der Waals surface area contributed by atoms with E-state index in [2.05, 4.69) is 22.0 Å². The second-order valence-corrected chi connectivity index (χ2v) is 7.12. The highest BCUT2D eigenvalue weighted by atomic mass is 16.3. The molecule has 0 spiro atoms. The monoisotopic (exact) mass is 281 g/mol. The normalized spacial score (nSPS) is 28.5. The Bertz CT molecular complexity index is 309. The summed E-state index contributed by atoms with van der Waals surface area (Å²) >= 11 is 0. The average molecular weight is 281 g/mol. The lowest BCUT2D eigenvalue weighted by atomic mass is 9.92. The van der Waals surface area contributed by atoms with Crippen LogP contribution in [-0.2, 0) is 0 Å². The summed E-state index contributed by atoms with van der Waals surface area (Å²) in [7, 11) is 0. The molecule has 2 N–H and O–H groups in total. The van der Waals surface area contributed by atoms with Crippen LogP contribution in [0.15, 0.2) is 0 Å². The molecule has 20 heavy (non-hydrogen) atoms. The summed E-state index contributed by atoms with van der Waals surface area (Å²) in [5.74, 6) is 0.710. The van der Waals surface area contributed by atoms with Gasteiger partial charge in [-0.15, -0.1) is 0 Å². The molecule has 3 rings (SSSR count). The highest BCUT2D eigenvalue weighted by Crippen LogP contribution is 2.42. The van der Waals surface area contributed by atoms with E-state index >= 15 is 0 Å². The number of hydrogen-bond acceptors (Lipinski definition) is 4. The maximum absolute atomic E-state index is 10.0. The van der Waals surface area contributed by atoms with Gasteiger partial charge in [-0.2, -0.15) is 0 Å².